The summed E-state index contributed by atoms with van der Waals surface area (Å²) in [7, 11) is 0. The standard InChI is InChI=1S/C17H18BrNO2/c18-16-9-13(10-19-14-4-5-14)3-8-17(16)21-15-6-1-12(11-20)2-7-15/h1-3,6-9,14,19-20H,4-5,10-11H2. The molecule has 0 amide bonds. The summed E-state index contributed by atoms with van der Waals surface area (Å²) in [6, 6.07) is 14.3. The van der Waals surface area contributed by atoms with Crippen molar-refractivity contribution < 1.29 is 9.84 Å². The van der Waals surface area contributed by atoms with Crippen molar-refractivity contribution in [1.82, 2.24) is 5.32 Å². The second-order valence-corrected chi connectivity index (χ2v) is 6.18. The Balaban J connectivity index is 1.66. The van der Waals surface area contributed by atoms with Crippen LogP contribution in [-0.4, -0.2) is 11.1 Å². The first-order valence-corrected chi connectivity index (χ1v) is 7.93. The van der Waals surface area contributed by atoms with Gasteiger partial charge in [0.05, 0.1) is 11.1 Å². The van der Waals surface area contributed by atoms with Crippen molar-refractivity contribution in [3.8, 4) is 11.5 Å². The zero-order chi connectivity index (χ0) is 14.7. The predicted molar refractivity (Wildman–Crippen MR) is 86.4 cm³/mol. The van der Waals surface area contributed by atoms with E-state index < -0.39 is 0 Å². The summed E-state index contributed by atoms with van der Waals surface area (Å²) in [4.78, 5) is 0. The van der Waals surface area contributed by atoms with Crippen molar-refractivity contribution in [1.29, 1.82) is 0 Å². The van der Waals surface area contributed by atoms with Crippen LogP contribution in [0.1, 0.15) is 24.0 Å². The molecule has 0 unspecified atom stereocenters. The molecule has 21 heavy (non-hydrogen) atoms. The number of aliphatic hydroxyl groups excluding tert-OH is 1. The minimum atomic E-state index is 0.0483. The zero-order valence-corrected chi connectivity index (χ0v) is 13.3. The van der Waals surface area contributed by atoms with Gasteiger partial charge >= 0.3 is 0 Å². The number of ether oxygens (including phenoxy) is 1. The summed E-state index contributed by atoms with van der Waals surface area (Å²) < 4.78 is 6.80. The van der Waals surface area contributed by atoms with E-state index in [9.17, 15) is 0 Å². The van der Waals surface area contributed by atoms with Gasteiger partial charge in [-0.3, -0.25) is 0 Å². The van der Waals surface area contributed by atoms with Crippen LogP contribution in [-0.2, 0) is 13.2 Å². The third kappa shape index (κ3) is 4.06. The maximum atomic E-state index is 9.03. The third-order valence-corrected chi connectivity index (χ3v) is 4.12. The number of halogens is 1. The quantitative estimate of drug-likeness (QED) is 0.830. The molecule has 0 atom stereocenters. The topological polar surface area (TPSA) is 41.5 Å². The summed E-state index contributed by atoms with van der Waals surface area (Å²) in [6.45, 7) is 0.946. The molecule has 110 valence electrons. The van der Waals surface area contributed by atoms with Crippen LogP contribution < -0.4 is 10.1 Å². The van der Waals surface area contributed by atoms with Gasteiger partial charge in [-0.25, -0.2) is 0 Å². The molecule has 0 bridgehead atoms. The Hall–Kier alpha value is -1.36. The van der Waals surface area contributed by atoms with Gasteiger partial charge in [0, 0.05) is 12.6 Å². The Morgan fingerprint density at radius 2 is 1.81 bits per heavy atom. The molecule has 0 radical (unpaired) electrons. The first kappa shape index (κ1) is 14.6. The van der Waals surface area contributed by atoms with E-state index in [-0.39, 0.29) is 6.61 Å². The second kappa shape index (κ2) is 6.60. The summed E-state index contributed by atoms with van der Waals surface area (Å²) in [6.07, 6.45) is 2.60. The van der Waals surface area contributed by atoms with Crippen LogP contribution >= 0.6 is 15.9 Å². The van der Waals surface area contributed by atoms with Crippen LogP contribution in [0.5, 0.6) is 11.5 Å². The molecular weight excluding hydrogens is 330 g/mol. The van der Waals surface area contributed by atoms with E-state index >= 15 is 0 Å². The lowest BCUT2D eigenvalue weighted by Crippen LogP contribution is -2.15. The average Bonchev–Trinajstić information content (AvgIpc) is 3.33. The fraction of sp³-hybridized carbons (Fsp3) is 0.294. The van der Waals surface area contributed by atoms with Crippen molar-refractivity contribution in [2.75, 3.05) is 0 Å². The molecular formula is C17H18BrNO2. The van der Waals surface area contributed by atoms with Crippen molar-refractivity contribution in [3.63, 3.8) is 0 Å². The molecule has 1 aliphatic rings. The molecule has 0 spiro atoms. The van der Waals surface area contributed by atoms with Crippen LogP contribution in [0.4, 0.5) is 0 Å². The Bertz CT molecular complexity index is 609. The average molecular weight is 348 g/mol. The first-order valence-electron chi connectivity index (χ1n) is 7.14. The van der Waals surface area contributed by atoms with Crippen LogP contribution in [0.15, 0.2) is 46.9 Å². The Morgan fingerprint density at radius 3 is 2.43 bits per heavy atom. The van der Waals surface area contributed by atoms with Crippen LogP contribution in [0.3, 0.4) is 0 Å². The maximum absolute atomic E-state index is 9.03. The van der Waals surface area contributed by atoms with E-state index in [1.165, 1.54) is 18.4 Å². The molecule has 0 aliphatic heterocycles. The second-order valence-electron chi connectivity index (χ2n) is 5.32. The molecule has 3 rings (SSSR count). The number of benzene rings is 2. The van der Waals surface area contributed by atoms with E-state index in [1.54, 1.807) is 0 Å². The van der Waals surface area contributed by atoms with Crippen molar-refractivity contribution >= 4 is 15.9 Å². The minimum absolute atomic E-state index is 0.0483. The highest BCUT2D eigenvalue weighted by Crippen LogP contribution is 2.31. The normalized spacial score (nSPS) is 14.2. The molecule has 3 nitrogen and oxygen atoms in total. The number of hydrogen-bond donors (Lipinski definition) is 2. The van der Waals surface area contributed by atoms with E-state index in [4.69, 9.17) is 9.84 Å². The molecule has 1 saturated carbocycles. The number of aliphatic hydroxyl groups is 1. The number of hydrogen-bond acceptors (Lipinski definition) is 3. The van der Waals surface area contributed by atoms with Gasteiger partial charge in [-0.1, -0.05) is 18.2 Å². The lowest BCUT2D eigenvalue weighted by molar-refractivity contribution is 0.281. The molecule has 0 heterocycles. The molecule has 2 aromatic rings. The van der Waals surface area contributed by atoms with E-state index in [0.717, 1.165) is 28.1 Å². The summed E-state index contributed by atoms with van der Waals surface area (Å²) in [5.74, 6) is 1.55. The van der Waals surface area contributed by atoms with Gasteiger partial charge in [-0.15, -0.1) is 0 Å². The Morgan fingerprint density at radius 1 is 1.10 bits per heavy atom. The Labute approximate surface area is 133 Å². The summed E-state index contributed by atoms with van der Waals surface area (Å²) >= 11 is 3.56. The first-order chi connectivity index (χ1) is 10.2. The van der Waals surface area contributed by atoms with Crippen LogP contribution in [0.2, 0.25) is 0 Å². The van der Waals surface area contributed by atoms with E-state index in [1.807, 2.05) is 30.3 Å². The van der Waals surface area contributed by atoms with Crippen molar-refractivity contribution in [3.05, 3.63) is 58.1 Å². The van der Waals surface area contributed by atoms with Gasteiger partial charge in [0.1, 0.15) is 11.5 Å². The van der Waals surface area contributed by atoms with E-state index in [0.29, 0.717) is 6.04 Å². The van der Waals surface area contributed by atoms with E-state index in [2.05, 4.69) is 33.4 Å². The van der Waals surface area contributed by atoms with Gasteiger partial charge in [-0.2, -0.15) is 0 Å². The summed E-state index contributed by atoms with van der Waals surface area (Å²) in [5, 5.41) is 12.5. The highest BCUT2D eigenvalue weighted by molar-refractivity contribution is 9.10. The van der Waals surface area contributed by atoms with Gasteiger partial charge in [-0.05, 0) is 64.2 Å². The van der Waals surface area contributed by atoms with Gasteiger partial charge in [0.25, 0.3) is 0 Å². The Kier molecular flexibility index (Phi) is 4.58. The molecule has 1 aliphatic carbocycles. The predicted octanol–water partition coefficient (Wildman–Crippen LogP) is 3.99. The van der Waals surface area contributed by atoms with Crippen LogP contribution in [0.25, 0.3) is 0 Å². The summed E-state index contributed by atoms with van der Waals surface area (Å²) in [5.41, 5.74) is 2.12. The zero-order valence-electron chi connectivity index (χ0n) is 11.7. The lowest BCUT2D eigenvalue weighted by Gasteiger charge is -2.10. The molecule has 1 fully saturated rings. The van der Waals surface area contributed by atoms with Gasteiger partial charge in [0.15, 0.2) is 0 Å². The number of rotatable bonds is 6. The van der Waals surface area contributed by atoms with Gasteiger partial charge < -0.3 is 15.2 Å². The highest BCUT2D eigenvalue weighted by atomic mass is 79.9. The minimum Gasteiger partial charge on any atom is -0.456 e. The number of nitrogens with one attached hydrogen (secondary N) is 1. The highest BCUT2D eigenvalue weighted by Gasteiger charge is 2.20. The van der Waals surface area contributed by atoms with Gasteiger partial charge in [0.2, 0.25) is 0 Å². The lowest BCUT2D eigenvalue weighted by atomic mass is 10.2. The van der Waals surface area contributed by atoms with Crippen molar-refractivity contribution in [2.24, 2.45) is 0 Å². The largest absolute Gasteiger partial charge is 0.456 e. The molecule has 2 N–H and O–H groups in total. The van der Waals surface area contributed by atoms with Crippen LogP contribution in [0, 0.1) is 0 Å². The smallest absolute Gasteiger partial charge is 0.141 e. The molecule has 4 heteroatoms. The fourth-order valence-electron chi connectivity index (χ4n) is 2.08. The SMILES string of the molecule is OCc1ccc(Oc2ccc(CNC3CC3)cc2Br)cc1. The molecule has 0 aromatic heterocycles. The fourth-order valence-corrected chi connectivity index (χ4v) is 2.58. The third-order valence-electron chi connectivity index (χ3n) is 3.50. The maximum Gasteiger partial charge on any atom is 0.141 e. The monoisotopic (exact) mass is 347 g/mol. The molecule has 2 aromatic carbocycles. The molecule has 0 saturated heterocycles. The van der Waals surface area contributed by atoms with Crippen molar-refractivity contribution in [2.45, 2.75) is 32.0 Å².